The maximum Gasteiger partial charge on any atom is 0.335 e. The Morgan fingerprint density at radius 2 is 1.69 bits per heavy atom. The molecule has 0 radical (unpaired) electrons. The number of carboxylic acid groups (broad SMARTS) is 1. The third-order valence-electron chi connectivity index (χ3n) is 4.96. The SMILES string of the molecule is CNC(=O)c1c(-c2ccc(F)cc2)oc2ccc(-c3cc(C(=O)O)cc([N+](=O)[O-])c3)cc12. The van der Waals surface area contributed by atoms with Gasteiger partial charge in [0.25, 0.3) is 11.6 Å². The number of carbonyl (C=O) groups excluding carboxylic acids is 1. The minimum absolute atomic E-state index is 0.208. The molecule has 4 rings (SSSR count). The maximum atomic E-state index is 13.4. The number of benzene rings is 3. The molecule has 1 amide bonds. The van der Waals surface area contributed by atoms with Crippen LogP contribution in [0.5, 0.6) is 0 Å². The van der Waals surface area contributed by atoms with Gasteiger partial charge in [0.2, 0.25) is 0 Å². The highest BCUT2D eigenvalue weighted by Crippen LogP contribution is 2.37. The molecule has 4 aromatic rings. The molecule has 0 aliphatic rings. The molecule has 0 bridgehead atoms. The van der Waals surface area contributed by atoms with E-state index in [9.17, 15) is 29.2 Å². The summed E-state index contributed by atoms with van der Waals surface area (Å²) in [7, 11) is 1.46. The summed E-state index contributed by atoms with van der Waals surface area (Å²) >= 11 is 0. The molecule has 3 aromatic carbocycles. The van der Waals surface area contributed by atoms with E-state index in [1.165, 1.54) is 43.4 Å². The van der Waals surface area contributed by atoms with Gasteiger partial charge in [-0.25, -0.2) is 9.18 Å². The van der Waals surface area contributed by atoms with E-state index in [2.05, 4.69) is 5.32 Å². The summed E-state index contributed by atoms with van der Waals surface area (Å²) in [6.45, 7) is 0. The van der Waals surface area contributed by atoms with E-state index in [1.54, 1.807) is 18.2 Å². The number of nitro benzene ring substituents is 1. The van der Waals surface area contributed by atoms with Gasteiger partial charge in [-0.15, -0.1) is 0 Å². The minimum atomic E-state index is -1.30. The van der Waals surface area contributed by atoms with Crippen LogP contribution in [0.4, 0.5) is 10.1 Å². The fourth-order valence-electron chi connectivity index (χ4n) is 3.44. The molecule has 2 N–H and O–H groups in total. The summed E-state index contributed by atoms with van der Waals surface area (Å²) in [5, 5.41) is 23.5. The van der Waals surface area contributed by atoms with Crippen LogP contribution >= 0.6 is 0 Å². The first kappa shape index (κ1) is 20.7. The van der Waals surface area contributed by atoms with Crippen molar-refractivity contribution in [1.29, 1.82) is 0 Å². The molecule has 32 heavy (non-hydrogen) atoms. The average molecular weight is 434 g/mol. The minimum Gasteiger partial charge on any atom is -0.478 e. The van der Waals surface area contributed by atoms with Crippen molar-refractivity contribution in [3.63, 3.8) is 0 Å². The fourth-order valence-corrected chi connectivity index (χ4v) is 3.44. The van der Waals surface area contributed by atoms with Gasteiger partial charge in [0.05, 0.1) is 16.1 Å². The molecule has 0 aliphatic heterocycles. The lowest BCUT2D eigenvalue weighted by atomic mass is 9.98. The summed E-state index contributed by atoms with van der Waals surface area (Å²) in [5.41, 5.74) is 1.22. The molecule has 0 spiro atoms. The summed E-state index contributed by atoms with van der Waals surface area (Å²) in [6.07, 6.45) is 0. The quantitative estimate of drug-likeness (QED) is 0.341. The van der Waals surface area contributed by atoms with Crippen LogP contribution in [-0.2, 0) is 0 Å². The number of aromatic carboxylic acids is 1. The molecule has 1 aromatic heterocycles. The van der Waals surface area contributed by atoms with Crippen molar-refractivity contribution < 1.29 is 28.4 Å². The molecule has 160 valence electrons. The van der Waals surface area contributed by atoms with Crippen LogP contribution in [0.3, 0.4) is 0 Å². The Kier molecular flexibility index (Phi) is 5.15. The molecule has 9 heteroatoms. The number of rotatable bonds is 5. The Bertz CT molecular complexity index is 1360. The molecule has 1 heterocycles. The summed E-state index contributed by atoms with van der Waals surface area (Å²) in [6, 6.07) is 13.8. The van der Waals surface area contributed by atoms with Crippen molar-refractivity contribution >= 4 is 28.5 Å². The Balaban J connectivity index is 1.95. The number of carbonyl (C=O) groups is 2. The lowest BCUT2D eigenvalue weighted by Crippen LogP contribution is -2.18. The number of nitrogens with zero attached hydrogens (tertiary/aromatic N) is 1. The van der Waals surface area contributed by atoms with Gasteiger partial charge in [0.15, 0.2) is 0 Å². The number of halogens is 1. The number of hydrogen-bond acceptors (Lipinski definition) is 5. The second-order valence-electron chi connectivity index (χ2n) is 6.93. The van der Waals surface area contributed by atoms with Gasteiger partial charge in [-0.2, -0.15) is 0 Å². The number of carboxylic acids is 1. The van der Waals surface area contributed by atoms with Crippen LogP contribution in [0.1, 0.15) is 20.7 Å². The normalized spacial score (nSPS) is 10.8. The molecular weight excluding hydrogens is 419 g/mol. The van der Waals surface area contributed by atoms with Gasteiger partial charge < -0.3 is 14.8 Å². The number of nitrogens with one attached hydrogen (secondary N) is 1. The van der Waals surface area contributed by atoms with Crippen molar-refractivity contribution in [3.05, 3.63) is 87.7 Å². The van der Waals surface area contributed by atoms with Crippen LogP contribution in [-0.4, -0.2) is 29.0 Å². The smallest absolute Gasteiger partial charge is 0.335 e. The second-order valence-corrected chi connectivity index (χ2v) is 6.93. The third-order valence-corrected chi connectivity index (χ3v) is 4.96. The Hall–Kier alpha value is -4.53. The highest BCUT2D eigenvalue weighted by Gasteiger charge is 2.23. The van der Waals surface area contributed by atoms with Crippen molar-refractivity contribution in [2.75, 3.05) is 7.05 Å². The number of non-ortho nitro benzene ring substituents is 1. The molecule has 0 aliphatic carbocycles. The van der Waals surface area contributed by atoms with E-state index < -0.39 is 22.6 Å². The predicted molar refractivity (Wildman–Crippen MR) is 114 cm³/mol. The van der Waals surface area contributed by atoms with Crippen LogP contribution < -0.4 is 5.32 Å². The zero-order valence-electron chi connectivity index (χ0n) is 16.6. The first-order valence-corrected chi connectivity index (χ1v) is 9.36. The monoisotopic (exact) mass is 434 g/mol. The summed E-state index contributed by atoms with van der Waals surface area (Å²) in [5.74, 6) is -1.94. The number of amides is 1. The Labute approximate surface area is 180 Å². The first-order chi connectivity index (χ1) is 15.3. The highest BCUT2D eigenvalue weighted by atomic mass is 19.1. The van der Waals surface area contributed by atoms with Gasteiger partial charge in [-0.1, -0.05) is 6.07 Å². The van der Waals surface area contributed by atoms with Gasteiger partial charge >= 0.3 is 5.97 Å². The van der Waals surface area contributed by atoms with Crippen molar-refractivity contribution in [1.82, 2.24) is 5.32 Å². The molecule has 0 atom stereocenters. The lowest BCUT2D eigenvalue weighted by Gasteiger charge is -2.05. The van der Waals surface area contributed by atoms with E-state index in [0.717, 1.165) is 6.07 Å². The van der Waals surface area contributed by atoms with Crippen LogP contribution in [0.15, 0.2) is 65.1 Å². The highest BCUT2D eigenvalue weighted by molar-refractivity contribution is 6.11. The maximum absolute atomic E-state index is 13.4. The second kappa shape index (κ2) is 7.95. The number of nitro groups is 1. The molecule has 0 saturated heterocycles. The van der Waals surface area contributed by atoms with E-state index in [0.29, 0.717) is 27.7 Å². The Morgan fingerprint density at radius 1 is 1.00 bits per heavy atom. The van der Waals surface area contributed by atoms with Crippen LogP contribution in [0.25, 0.3) is 33.4 Å². The molecule has 0 unspecified atom stereocenters. The first-order valence-electron chi connectivity index (χ1n) is 9.36. The van der Waals surface area contributed by atoms with Crippen molar-refractivity contribution in [3.8, 4) is 22.5 Å². The largest absolute Gasteiger partial charge is 0.478 e. The standard InChI is InChI=1S/C23H15FN2O6/c1-25-22(27)20-18-11-13(14-8-15(23(28)29)10-17(9-14)26(30)31)4-7-19(18)32-21(20)12-2-5-16(24)6-3-12/h2-11H,1H3,(H,25,27)(H,28,29). The van der Waals surface area contributed by atoms with Gasteiger partial charge in [-0.3, -0.25) is 14.9 Å². The fraction of sp³-hybridized carbons (Fsp3) is 0.0435. The zero-order chi connectivity index (χ0) is 23.0. The van der Waals surface area contributed by atoms with Crippen LogP contribution in [0.2, 0.25) is 0 Å². The van der Waals surface area contributed by atoms with Gasteiger partial charge in [-0.05, 0) is 53.6 Å². The topological polar surface area (TPSA) is 123 Å². The number of hydrogen-bond donors (Lipinski definition) is 2. The van der Waals surface area contributed by atoms with Gasteiger partial charge in [0.1, 0.15) is 17.2 Å². The summed E-state index contributed by atoms with van der Waals surface area (Å²) in [4.78, 5) is 34.7. The van der Waals surface area contributed by atoms with E-state index >= 15 is 0 Å². The zero-order valence-corrected chi connectivity index (χ0v) is 16.6. The number of furan rings is 1. The predicted octanol–water partition coefficient (Wildman–Crippen LogP) is 4.87. The molecule has 8 nitrogen and oxygen atoms in total. The van der Waals surface area contributed by atoms with E-state index in [1.807, 2.05) is 0 Å². The Morgan fingerprint density at radius 3 is 2.31 bits per heavy atom. The number of fused-ring (bicyclic) bond motifs is 1. The lowest BCUT2D eigenvalue weighted by molar-refractivity contribution is -0.384. The van der Waals surface area contributed by atoms with Gasteiger partial charge in [0, 0.05) is 30.1 Å². The average Bonchev–Trinajstić information content (AvgIpc) is 3.17. The molecular formula is C23H15FN2O6. The summed E-state index contributed by atoms with van der Waals surface area (Å²) < 4.78 is 19.2. The van der Waals surface area contributed by atoms with E-state index in [-0.39, 0.29) is 22.6 Å². The van der Waals surface area contributed by atoms with Crippen molar-refractivity contribution in [2.24, 2.45) is 0 Å². The molecule has 0 fully saturated rings. The molecule has 0 saturated carbocycles. The third kappa shape index (κ3) is 3.67. The van der Waals surface area contributed by atoms with Crippen LogP contribution in [0, 0.1) is 15.9 Å². The van der Waals surface area contributed by atoms with Crippen molar-refractivity contribution in [2.45, 2.75) is 0 Å². The van der Waals surface area contributed by atoms with E-state index in [4.69, 9.17) is 4.42 Å².